The van der Waals surface area contributed by atoms with Crippen molar-refractivity contribution >= 4 is 23.4 Å². The lowest BCUT2D eigenvalue weighted by molar-refractivity contribution is -0.134. The largest absolute Gasteiger partial charge is 0.490 e. The van der Waals surface area contributed by atoms with Crippen LogP contribution in [-0.2, 0) is 19.1 Å². The maximum atomic E-state index is 13.4. The minimum Gasteiger partial charge on any atom is -0.490 e. The van der Waals surface area contributed by atoms with E-state index in [0.717, 1.165) is 19.3 Å². The van der Waals surface area contributed by atoms with Crippen molar-refractivity contribution < 1.29 is 28.6 Å². The number of ether oxygens (including phenoxy) is 3. The van der Waals surface area contributed by atoms with Gasteiger partial charge in [0.1, 0.15) is 18.5 Å². The molecule has 36 heavy (non-hydrogen) atoms. The third-order valence-corrected chi connectivity index (χ3v) is 8.00. The molecule has 9 nitrogen and oxygen atoms in total. The standard InChI is InChI=1S/C27H37N3O6/c1-30-22-8-7-20(15-25(31)28-18-4-2-3-5-18)36-24(22)16-35-23-9-6-19(14-21(23)27(30)33)29-26(32)17-10-12-34-13-11-17/h6,9,14,17-18,20,22,24H,2-5,7-8,10-13,15-16H2,1H3,(H,28,31)(H,29,32)/t20-,22+,24-/m0/s1. The van der Waals surface area contributed by atoms with Gasteiger partial charge in [0.15, 0.2) is 0 Å². The van der Waals surface area contributed by atoms with E-state index in [1.54, 1.807) is 30.1 Å². The highest BCUT2D eigenvalue weighted by Crippen LogP contribution is 2.33. The van der Waals surface area contributed by atoms with E-state index in [1.807, 2.05) is 0 Å². The van der Waals surface area contributed by atoms with Gasteiger partial charge in [-0.15, -0.1) is 0 Å². The SMILES string of the molecule is CN1C(=O)c2cc(NC(=O)C3CCOCC3)ccc2OC[C@@H]2O[C@H](CC(=O)NC3CCCC3)CC[C@H]21. The zero-order valence-corrected chi connectivity index (χ0v) is 21.0. The fraction of sp³-hybridized carbons (Fsp3) is 0.667. The Morgan fingerprint density at radius 3 is 2.61 bits per heavy atom. The minimum absolute atomic E-state index is 0.0437. The average Bonchev–Trinajstić information content (AvgIpc) is 3.40. The molecule has 1 aromatic rings. The summed E-state index contributed by atoms with van der Waals surface area (Å²) in [7, 11) is 1.79. The van der Waals surface area contributed by atoms with Crippen LogP contribution in [0.5, 0.6) is 5.75 Å². The molecule has 0 bridgehead atoms. The van der Waals surface area contributed by atoms with Crippen LogP contribution in [0.25, 0.3) is 0 Å². The van der Waals surface area contributed by atoms with Crippen molar-refractivity contribution in [2.75, 3.05) is 32.2 Å². The molecule has 1 saturated carbocycles. The highest BCUT2D eigenvalue weighted by atomic mass is 16.5. The Balaban J connectivity index is 1.22. The van der Waals surface area contributed by atoms with Crippen LogP contribution in [-0.4, -0.2) is 73.8 Å². The molecule has 0 radical (unpaired) electrons. The summed E-state index contributed by atoms with van der Waals surface area (Å²) in [6, 6.07) is 5.35. The van der Waals surface area contributed by atoms with Gasteiger partial charge in [-0.3, -0.25) is 14.4 Å². The zero-order chi connectivity index (χ0) is 25.1. The number of benzene rings is 1. The summed E-state index contributed by atoms with van der Waals surface area (Å²) in [6.07, 6.45) is 7.19. The number of nitrogens with zero attached hydrogens (tertiary/aromatic N) is 1. The number of rotatable bonds is 5. The number of carbonyl (C=O) groups is 3. The van der Waals surface area contributed by atoms with Crippen molar-refractivity contribution in [3.63, 3.8) is 0 Å². The van der Waals surface area contributed by atoms with E-state index < -0.39 is 0 Å². The Morgan fingerprint density at radius 1 is 1.06 bits per heavy atom. The zero-order valence-electron chi connectivity index (χ0n) is 21.0. The van der Waals surface area contributed by atoms with Gasteiger partial charge in [0.25, 0.3) is 5.91 Å². The first-order chi connectivity index (χ1) is 17.5. The average molecular weight is 500 g/mol. The van der Waals surface area contributed by atoms with Crippen molar-refractivity contribution in [1.82, 2.24) is 10.2 Å². The van der Waals surface area contributed by atoms with Crippen LogP contribution in [0.1, 0.15) is 68.1 Å². The summed E-state index contributed by atoms with van der Waals surface area (Å²) >= 11 is 0. The van der Waals surface area contributed by atoms with Gasteiger partial charge in [0.05, 0.1) is 24.1 Å². The quantitative estimate of drug-likeness (QED) is 0.645. The van der Waals surface area contributed by atoms with E-state index in [4.69, 9.17) is 14.2 Å². The van der Waals surface area contributed by atoms with Crippen LogP contribution in [0.2, 0.25) is 0 Å². The highest BCUT2D eigenvalue weighted by Gasteiger charge is 2.39. The van der Waals surface area contributed by atoms with Gasteiger partial charge < -0.3 is 29.7 Å². The van der Waals surface area contributed by atoms with E-state index in [1.165, 1.54) is 12.8 Å². The first kappa shape index (κ1) is 25.0. The van der Waals surface area contributed by atoms with Gasteiger partial charge in [0, 0.05) is 37.9 Å². The Labute approximate surface area is 212 Å². The summed E-state index contributed by atoms with van der Waals surface area (Å²) in [5.74, 6) is 0.225. The van der Waals surface area contributed by atoms with Crippen LogP contribution in [0.3, 0.4) is 0 Å². The molecule has 1 aliphatic carbocycles. The lowest BCUT2D eigenvalue weighted by Gasteiger charge is -2.42. The van der Waals surface area contributed by atoms with Gasteiger partial charge >= 0.3 is 0 Å². The summed E-state index contributed by atoms with van der Waals surface area (Å²) in [4.78, 5) is 40.3. The van der Waals surface area contributed by atoms with Gasteiger partial charge in [-0.25, -0.2) is 0 Å². The summed E-state index contributed by atoms with van der Waals surface area (Å²) in [5.41, 5.74) is 1.01. The number of hydrogen-bond donors (Lipinski definition) is 2. The van der Waals surface area contributed by atoms with E-state index >= 15 is 0 Å². The molecule has 0 spiro atoms. The van der Waals surface area contributed by atoms with Crippen LogP contribution >= 0.6 is 0 Å². The predicted molar refractivity (Wildman–Crippen MR) is 133 cm³/mol. The molecule has 3 atom stereocenters. The predicted octanol–water partition coefficient (Wildman–Crippen LogP) is 2.88. The van der Waals surface area contributed by atoms with E-state index in [-0.39, 0.29) is 41.9 Å². The van der Waals surface area contributed by atoms with Gasteiger partial charge in [-0.2, -0.15) is 0 Å². The van der Waals surface area contributed by atoms with Crippen LogP contribution < -0.4 is 15.4 Å². The second-order valence-electron chi connectivity index (χ2n) is 10.5. The Kier molecular flexibility index (Phi) is 7.76. The minimum atomic E-state index is -0.307. The third kappa shape index (κ3) is 5.67. The van der Waals surface area contributed by atoms with Gasteiger partial charge in [-0.05, 0) is 56.7 Å². The Bertz CT molecular complexity index is 972. The molecule has 0 unspecified atom stereocenters. The Morgan fingerprint density at radius 2 is 1.83 bits per heavy atom. The molecule has 3 amide bonds. The second-order valence-corrected chi connectivity index (χ2v) is 10.5. The molecule has 9 heteroatoms. The maximum absolute atomic E-state index is 13.4. The normalized spacial score (nSPS) is 27.3. The molecule has 2 saturated heterocycles. The molecule has 0 aromatic heterocycles. The highest BCUT2D eigenvalue weighted by molar-refractivity contribution is 6.00. The summed E-state index contributed by atoms with van der Waals surface area (Å²) in [5, 5.41) is 6.09. The number of fused-ring (bicyclic) bond motifs is 2. The first-order valence-corrected chi connectivity index (χ1v) is 13.4. The molecular weight excluding hydrogens is 462 g/mol. The van der Waals surface area contributed by atoms with Crippen LogP contribution in [0.15, 0.2) is 18.2 Å². The number of likely N-dealkylation sites (N-methyl/N-ethyl adjacent to an activating group) is 1. The molecule has 2 N–H and O–H groups in total. The van der Waals surface area contributed by atoms with Crippen LogP contribution in [0.4, 0.5) is 5.69 Å². The summed E-state index contributed by atoms with van der Waals surface area (Å²) in [6.45, 7) is 1.48. The summed E-state index contributed by atoms with van der Waals surface area (Å²) < 4.78 is 17.7. The van der Waals surface area contributed by atoms with Crippen molar-refractivity contribution in [2.45, 2.75) is 82.1 Å². The second kappa shape index (κ2) is 11.2. The van der Waals surface area contributed by atoms with Crippen molar-refractivity contribution in [3.05, 3.63) is 23.8 Å². The fourth-order valence-corrected chi connectivity index (χ4v) is 5.87. The fourth-order valence-electron chi connectivity index (χ4n) is 5.87. The molecule has 1 aromatic carbocycles. The number of anilines is 1. The van der Waals surface area contributed by atoms with E-state index in [0.29, 0.717) is 68.5 Å². The third-order valence-electron chi connectivity index (χ3n) is 8.00. The lowest BCUT2D eigenvalue weighted by Crippen LogP contribution is -2.54. The number of carbonyl (C=O) groups excluding carboxylic acids is 3. The van der Waals surface area contributed by atoms with Crippen molar-refractivity contribution in [2.24, 2.45) is 5.92 Å². The van der Waals surface area contributed by atoms with Crippen molar-refractivity contribution in [1.29, 1.82) is 0 Å². The number of nitrogens with one attached hydrogen (secondary N) is 2. The monoisotopic (exact) mass is 499 g/mol. The molecule has 3 aliphatic heterocycles. The van der Waals surface area contributed by atoms with Gasteiger partial charge in [0.2, 0.25) is 11.8 Å². The molecule has 5 rings (SSSR count). The van der Waals surface area contributed by atoms with Crippen molar-refractivity contribution in [3.8, 4) is 5.75 Å². The lowest BCUT2D eigenvalue weighted by atomic mass is 9.94. The molecule has 196 valence electrons. The van der Waals surface area contributed by atoms with E-state index in [9.17, 15) is 14.4 Å². The topological polar surface area (TPSA) is 106 Å². The van der Waals surface area contributed by atoms with Gasteiger partial charge in [-0.1, -0.05) is 12.8 Å². The molecule has 4 aliphatic rings. The molecular formula is C27H37N3O6. The number of amides is 3. The Hall–Kier alpha value is -2.65. The molecule has 3 fully saturated rings. The maximum Gasteiger partial charge on any atom is 0.257 e. The molecule has 3 heterocycles. The van der Waals surface area contributed by atoms with Crippen LogP contribution in [0, 0.1) is 5.92 Å². The number of hydrogen-bond acceptors (Lipinski definition) is 6. The first-order valence-electron chi connectivity index (χ1n) is 13.4. The smallest absolute Gasteiger partial charge is 0.257 e. The van der Waals surface area contributed by atoms with E-state index in [2.05, 4.69) is 10.6 Å².